The van der Waals surface area contributed by atoms with Gasteiger partial charge >= 0.3 is 0 Å². The number of fused-ring (bicyclic) bond motifs is 3. The maximum Gasteiger partial charge on any atom is 0.251 e. The molecule has 0 radical (unpaired) electrons. The molecule has 4 rings (SSSR count). The van der Waals surface area contributed by atoms with Crippen molar-refractivity contribution in [3.63, 3.8) is 0 Å². The Morgan fingerprint density at radius 2 is 2.30 bits per heavy atom. The maximum absolute atomic E-state index is 12.4. The third kappa shape index (κ3) is 1.83. The number of rotatable bonds is 2. The summed E-state index contributed by atoms with van der Waals surface area (Å²) in [7, 11) is 0. The fraction of sp³-hybridized carbons (Fsp3) is 0.438. The van der Waals surface area contributed by atoms with Gasteiger partial charge in [-0.25, -0.2) is 0 Å². The number of hydrogen-bond acceptors (Lipinski definition) is 3. The van der Waals surface area contributed by atoms with Crippen molar-refractivity contribution in [1.29, 1.82) is 0 Å². The van der Waals surface area contributed by atoms with Crippen molar-refractivity contribution in [3.05, 3.63) is 35.6 Å². The van der Waals surface area contributed by atoms with Gasteiger partial charge in [0.25, 0.3) is 5.91 Å². The zero-order valence-electron chi connectivity index (χ0n) is 11.6. The van der Waals surface area contributed by atoms with Gasteiger partial charge in [0.1, 0.15) is 5.58 Å². The average Bonchev–Trinajstić information content (AvgIpc) is 3.15. The minimum Gasteiger partial charge on any atom is -0.464 e. The van der Waals surface area contributed by atoms with Crippen LogP contribution in [-0.2, 0) is 0 Å². The first-order chi connectivity index (χ1) is 9.70. The molecule has 3 atom stereocenters. The Bertz CT molecular complexity index is 676. The molecule has 20 heavy (non-hydrogen) atoms. The Hall–Kier alpha value is -1.81. The van der Waals surface area contributed by atoms with E-state index >= 15 is 0 Å². The SMILES string of the molecule is Cc1coc2ccc(C(=O)NC3CN4CCC3C4)cc12. The molecule has 104 valence electrons. The van der Waals surface area contributed by atoms with Crippen molar-refractivity contribution >= 4 is 16.9 Å². The van der Waals surface area contributed by atoms with E-state index in [0.717, 1.165) is 35.2 Å². The molecular weight excluding hydrogens is 252 g/mol. The normalized spacial score (nSPS) is 28.1. The van der Waals surface area contributed by atoms with Gasteiger partial charge in [-0.2, -0.15) is 0 Å². The van der Waals surface area contributed by atoms with E-state index in [9.17, 15) is 4.79 Å². The van der Waals surface area contributed by atoms with Crippen molar-refractivity contribution in [1.82, 2.24) is 10.2 Å². The molecule has 1 aromatic carbocycles. The third-order valence-corrected chi connectivity index (χ3v) is 4.68. The molecule has 4 nitrogen and oxygen atoms in total. The second-order valence-corrected chi connectivity index (χ2v) is 6.02. The maximum atomic E-state index is 12.4. The molecule has 3 unspecified atom stereocenters. The molecule has 1 N–H and O–H groups in total. The van der Waals surface area contributed by atoms with E-state index in [2.05, 4.69) is 10.2 Å². The van der Waals surface area contributed by atoms with Crippen molar-refractivity contribution in [2.45, 2.75) is 19.4 Å². The first-order valence-electron chi connectivity index (χ1n) is 7.22. The molecule has 0 saturated carbocycles. The highest BCUT2D eigenvalue weighted by atomic mass is 16.3. The highest BCUT2D eigenvalue weighted by molar-refractivity contribution is 5.98. The van der Waals surface area contributed by atoms with Crippen LogP contribution >= 0.6 is 0 Å². The van der Waals surface area contributed by atoms with Crippen molar-refractivity contribution in [3.8, 4) is 0 Å². The smallest absolute Gasteiger partial charge is 0.251 e. The molecular formula is C16H18N2O2. The lowest BCUT2D eigenvalue weighted by Crippen LogP contribution is -2.43. The zero-order valence-corrected chi connectivity index (χ0v) is 11.6. The van der Waals surface area contributed by atoms with Crippen molar-refractivity contribution in [2.75, 3.05) is 19.6 Å². The van der Waals surface area contributed by atoms with Crippen molar-refractivity contribution in [2.24, 2.45) is 5.92 Å². The Morgan fingerprint density at radius 1 is 1.40 bits per heavy atom. The van der Waals surface area contributed by atoms with Gasteiger partial charge in [-0.3, -0.25) is 4.79 Å². The lowest BCUT2D eigenvalue weighted by Gasteiger charge is -2.23. The van der Waals surface area contributed by atoms with E-state index in [1.54, 1.807) is 6.26 Å². The predicted octanol–water partition coefficient (Wildman–Crippen LogP) is 2.18. The predicted molar refractivity (Wildman–Crippen MR) is 76.8 cm³/mol. The molecule has 1 amide bonds. The number of nitrogens with zero attached hydrogens (tertiary/aromatic N) is 1. The van der Waals surface area contributed by atoms with E-state index in [0.29, 0.717) is 12.0 Å². The monoisotopic (exact) mass is 270 g/mol. The third-order valence-electron chi connectivity index (χ3n) is 4.68. The van der Waals surface area contributed by atoms with Crippen LogP contribution in [-0.4, -0.2) is 36.5 Å². The summed E-state index contributed by atoms with van der Waals surface area (Å²) in [6.45, 7) is 5.34. The number of amides is 1. The van der Waals surface area contributed by atoms with Crippen LogP contribution in [0.25, 0.3) is 11.0 Å². The number of benzene rings is 1. The van der Waals surface area contributed by atoms with Crippen LogP contribution in [0, 0.1) is 12.8 Å². The van der Waals surface area contributed by atoms with Gasteiger partial charge in [0.05, 0.1) is 6.26 Å². The Morgan fingerprint density at radius 3 is 3.05 bits per heavy atom. The van der Waals surface area contributed by atoms with E-state index in [1.165, 1.54) is 13.0 Å². The summed E-state index contributed by atoms with van der Waals surface area (Å²) >= 11 is 0. The van der Waals surface area contributed by atoms with Crippen LogP contribution in [0.2, 0.25) is 0 Å². The van der Waals surface area contributed by atoms with E-state index < -0.39 is 0 Å². The molecule has 2 aromatic rings. The first kappa shape index (κ1) is 12.0. The highest BCUT2D eigenvalue weighted by Crippen LogP contribution is 2.28. The number of hydrogen-bond donors (Lipinski definition) is 1. The lowest BCUT2D eigenvalue weighted by atomic mass is 9.99. The van der Waals surface area contributed by atoms with Crippen LogP contribution in [0.3, 0.4) is 0 Å². The van der Waals surface area contributed by atoms with Crippen LogP contribution < -0.4 is 5.32 Å². The van der Waals surface area contributed by atoms with Gasteiger partial charge in [-0.1, -0.05) is 0 Å². The van der Waals surface area contributed by atoms with Crippen molar-refractivity contribution < 1.29 is 9.21 Å². The van der Waals surface area contributed by atoms with E-state index in [-0.39, 0.29) is 5.91 Å². The molecule has 0 spiro atoms. The average molecular weight is 270 g/mol. The summed E-state index contributed by atoms with van der Waals surface area (Å²) in [6, 6.07) is 5.96. The largest absolute Gasteiger partial charge is 0.464 e. The Balaban J connectivity index is 1.56. The zero-order chi connectivity index (χ0) is 13.7. The number of carbonyl (C=O) groups excluding carboxylic acids is 1. The number of piperidine rings is 1. The molecule has 2 bridgehead atoms. The minimum atomic E-state index is 0.0336. The Kier molecular flexibility index (Phi) is 2.60. The number of carbonyl (C=O) groups is 1. The van der Waals surface area contributed by atoms with Gasteiger partial charge in [0.2, 0.25) is 0 Å². The van der Waals surface area contributed by atoms with Gasteiger partial charge in [-0.15, -0.1) is 0 Å². The molecule has 2 fully saturated rings. The van der Waals surface area contributed by atoms with E-state index in [1.807, 2.05) is 25.1 Å². The van der Waals surface area contributed by atoms with Crippen LogP contribution in [0.1, 0.15) is 22.3 Å². The molecule has 1 aromatic heterocycles. The topological polar surface area (TPSA) is 45.5 Å². The highest BCUT2D eigenvalue weighted by Gasteiger charge is 2.38. The second-order valence-electron chi connectivity index (χ2n) is 6.02. The fourth-order valence-corrected chi connectivity index (χ4v) is 3.50. The van der Waals surface area contributed by atoms with E-state index in [4.69, 9.17) is 4.42 Å². The number of nitrogens with one attached hydrogen (secondary N) is 1. The quantitative estimate of drug-likeness (QED) is 0.909. The van der Waals surface area contributed by atoms with Crippen LogP contribution in [0.4, 0.5) is 0 Å². The van der Waals surface area contributed by atoms with Gasteiger partial charge < -0.3 is 14.6 Å². The van der Waals surface area contributed by atoms with Gasteiger partial charge in [0, 0.05) is 30.1 Å². The first-order valence-corrected chi connectivity index (χ1v) is 7.22. The standard InChI is InChI=1S/C16H18N2O2/c1-10-9-20-15-3-2-11(6-13(10)15)16(19)17-14-8-18-5-4-12(14)7-18/h2-3,6,9,12,14H,4-5,7-8H2,1H3,(H,17,19). The summed E-state index contributed by atoms with van der Waals surface area (Å²) in [6.07, 6.45) is 2.94. The summed E-state index contributed by atoms with van der Waals surface area (Å²) in [5.41, 5.74) is 2.63. The van der Waals surface area contributed by atoms with Gasteiger partial charge in [0.15, 0.2) is 0 Å². The lowest BCUT2D eigenvalue weighted by molar-refractivity contribution is 0.0924. The summed E-state index contributed by atoms with van der Waals surface area (Å²) in [5.74, 6) is 0.671. The number of aryl methyl sites for hydroxylation is 1. The fourth-order valence-electron chi connectivity index (χ4n) is 3.50. The summed E-state index contributed by atoms with van der Waals surface area (Å²) < 4.78 is 5.42. The molecule has 3 heterocycles. The number of furan rings is 1. The van der Waals surface area contributed by atoms with Crippen LogP contribution in [0.15, 0.2) is 28.9 Å². The van der Waals surface area contributed by atoms with Crippen LogP contribution in [0.5, 0.6) is 0 Å². The second kappa shape index (κ2) is 4.35. The summed E-state index contributed by atoms with van der Waals surface area (Å²) in [5, 5.41) is 4.21. The molecule has 2 aliphatic rings. The molecule has 0 aliphatic carbocycles. The molecule has 4 heteroatoms. The van der Waals surface area contributed by atoms with Gasteiger partial charge in [-0.05, 0) is 49.6 Å². The Labute approximate surface area is 117 Å². The minimum absolute atomic E-state index is 0.0336. The summed E-state index contributed by atoms with van der Waals surface area (Å²) in [4.78, 5) is 14.8. The molecule has 2 saturated heterocycles. The molecule has 2 aliphatic heterocycles.